The van der Waals surface area contributed by atoms with Gasteiger partial charge in [-0.3, -0.25) is 5.41 Å². The number of imidazole rings is 1. The number of piperidine rings is 1. The summed E-state index contributed by atoms with van der Waals surface area (Å²) in [5.74, 6) is 0.145. The molecule has 0 aromatic carbocycles. The number of aromatic amines is 1. The molecule has 0 spiro atoms. The molecule has 0 bridgehead atoms. The summed E-state index contributed by atoms with van der Waals surface area (Å²) in [6.45, 7) is 0.789. The first-order valence-corrected chi connectivity index (χ1v) is 6.78. The molecule has 0 radical (unpaired) electrons. The smallest absolute Gasteiger partial charge is 0.260 e. The fraction of sp³-hybridized carbons (Fsp3) is 0.556. The van der Waals surface area contributed by atoms with E-state index in [9.17, 15) is 8.42 Å². The first-order valence-electron chi connectivity index (χ1n) is 5.34. The van der Waals surface area contributed by atoms with Gasteiger partial charge in [-0.2, -0.15) is 4.31 Å². The lowest BCUT2D eigenvalue weighted by atomic mass is 9.97. The maximum Gasteiger partial charge on any atom is 0.260 e. The van der Waals surface area contributed by atoms with Crippen LogP contribution in [0.2, 0.25) is 0 Å². The Morgan fingerprint density at radius 3 is 2.65 bits per heavy atom. The standard InChI is InChI=1S/C9H15N5O2S/c10-9(11)7-1-3-14(4-2-7)17(15,16)8-5-12-6-13-8/h5-7H,1-4H2,(H3,10,11)(H,12,13). The quantitative estimate of drug-likeness (QED) is 0.511. The van der Waals surface area contributed by atoms with E-state index in [0.29, 0.717) is 25.9 Å². The Balaban J connectivity index is 2.09. The second-order valence-electron chi connectivity index (χ2n) is 4.05. The topological polar surface area (TPSA) is 116 Å². The molecule has 0 unspecified atom stereocenters. The van der Waals surface area contributed by atoms with E-state index in [1.54, 1.807) is 0 Å². The fourth-order valence-corrected chi connectivity index (χ4v) is 3.30. The molecule has 1 aliphatic rings. The maximum absolute atomic E-state index is 12.1. The predicted octanol–water partition coefficient (Wildman–Crippen LogP) is -0.254. The largest absolute Gasteiger partial charge is 0.387 e. The van der Waals surface area contributed by atoms with Crippen LogP contribution in [0.1, 0.15) is 12.8 Å². The molecule has 1 fully saturated rings. The molecule has 94 valence electrons. The summed E-state index contributed by atoms with van der Waals surface area (Å²) in [4.78, 5) is 6.31. The van der Waals surface area contributed by atoms with Gasteiger partial charge in [0.2, 0.25) is 0 Å². The second kappa shape index (κ2) is 4.46. The third-order valence-corrected chi connectivity index (χ3v) is 4.81. The number of H-pyrrole nitrogens is 1. The van der Waals surface area contributed by atoms with Gasteiger partial charge in [-0.05, 0) is 12.8 Å². The summed E-state index contributed by atoms with van der Waals surface area (Å²) in [5.41, 5.74) is 5.42. The van der Waals surface area contributed by atoms with Crippen molar-refractivity contribution in [1.29, 1.82) is 5.41 Å². The summed E-state index contributed by atoms with van der Waals surface area (Å²) in [7, 11) is -3.46. The maximum atomic E-state index is 12.1. The minimum Gasteiger partial charge on any atom is -0.387 e. The van der Waals surface area contributed by atoms with Crippen LogP contribution in [-0.4, -0.2) is 41.6 Å². The van der Waals surface area contributed by atoms with Gasteiger partial charge in [-0.15, -0.1) is 0 Å². The summed E-state index contributed by atoms with van der Waals surface area (Å²) in [6.07, 6.45) is 3.84. The number of sulfonamides is 1. The van der Waals surface area contributed by atoms with Crippen molar-refractivity contribution in [3.8, 4) is 0 Å². The van der Waals surface area contributed by atoms with Crippen molar-refractivity contribution < 1.29 is 8.42 Å². The average Bonchev–Trinajstić information content (AvgIpc) is 2.83. The lowest BCUT2D eigenvalue weighted by molar-refractivity contribution is 0.314. The molecule has 1 aliphatic heterocycles. The van der Waals surface area contributed by atoms with Gasteiger partial charge >= 0.3 is 0 Å². The van der Waals surface area contributed by atoms with Crippen LogP contribution >= 0.6 is 0 Å². The van der Waals surface area contributed by atoms with Gasteiger partial charge in [0.05, 0.1) is 18.4 Å². The number of hydrogen-bond donors (Lipinski definition) is 3. The molecule has 1 aromatic heterocycles. The van der Waals surface area contributed by atoms with E-state index in [1.807, 2.05) is 0 Å². The van der Waals surface area contributed by atoms with Crippen molar-refractivity contribution in [2.45, 2.75) is 17.9 Å². The van der Waals surface area contributed by atoms with Crippen molar-refractivity contribution in [3.63, 3.8) is 0 Å². The average molecular weight is 257 g/mol. The van der Waals surface area contributed by atoms with Gasteiger partial charge in [-0.25, -0.2) is 13.4 Å². The number of rotatable bonds is 3. The highest BCUT2D eigenvalue weighted by Gasteiger charge is 2.30. The lowest BCUT2D eigenvalue weighted by Crippen LogP contribution is -2.41. The highest BCUT2D eigenvalue weighted by Crippen LogP contribution is 2.22. The van der Waals surface area contributed by atoms with Crippen molar-refractivity contribution in [2.75, 3.05) is 13.1 Å². The second-order valence-corrected chi connectivity index (χ2v) is 5.96. The Morgan fingerprint density at radius 1 is 1.53 bits per heavy atom. The van der Waals surface area contributed by atoms with E-state index in [-0.39, 0.29) is 16.8 Å². The molecule has 8 heteroatoms. The number of nitrogens with zero attached hydrogens (tertiary/aromatic N) is 2. The highest BCUT2D eigenvalue weighted by atomic mass is 32.2. The van der Waals surface area contributed by atoms with Crippen LogP contribution in [0.5, 0.6) is 0 Å². The summed E-state index contributed by atoms with van der Waals surface area (Å²) in [5, 5.41) is 7.45. The van der Waals surface area contributed by atoms with Gasteiger partial charge < -0.3 is 10.7 Å². The van der Waals surface area contributed by atoms with Crippen molar-refractivity contribution >= 4 is 15.9 Å². The van der Waals surface area contributed by atoms with Gasteiger partial charge in [0.1, 0.15) is 0 Å². The number of aromatic nitrogens is 2. The van der Waals surface area contributed by atoms with E-state index in [1.165, 1.54) is 16.8 Å². The van der Waals surface area contributed by atoms with Crippen LogP contribution < -0.4 is 5.73 Å². The Bertz CT molecular complexity index is 487. The Hall–Kier alpha value is -1.41. The molecule has 0 atom stereocenters. The summed E-state index contributed by atoms with van der Waals surface area (Å²) in [6, 6.07) is 0. The number of hydrogen-bond acceptors (Lipinski definition) is 4. The first-order chi connectivity index (χ1) is 8.01. The van der Waals surface area contributed by atoms with Gasteiger partial charge in [0.25, 0.3) is 10.0 Å². The van der Waals surface area contributed by atoms with Gasteiger partial charge in [-0.1, -0.05) is 0 Å². The zero-order valence-corrected chi connectivity index (χ0v) is 10.1. The molecule has 1 saturated heterocycles. The normalized spacial score (nSPS) is 19.3. The van der Waals surface area contributed by atoms with Crippen molar-refractivity contribution in [1.82, 2.24) is 14.3 Å². The van der Waals surface area contributed by atoms with E-state index < -0.39 is 10.0 Å². The Labute approximate surface area is 99.6 Å². The number of nitrogens with one attached hydrogen (secondary N) is 2. The van der Waals surface area contributed by atoms with Crippen LogP contribution in [-0.2, 0) is 10.0 Å². The zero-order chi connectivity index (χ0) is 12.5. The van der Waals surface area contributed by atoms with Crippen LogP contribution in [0, 0.1) is 11.3 Å². The third kappa shape index (κ3) is 2.32. The number of amidine groups is 1. The fourth-order valence-electron chi connectivity index (χ4n) is 1.93. The van der Waals surface area contributed by atoms with Crippen LogP contribution in [0.25, 0.3) is 0 Å². The molecule has 17 heavy (non-hydrogen) atoms. The molecule has 0 saturated carbocycles. The van der Waals surface area contributed by atoms with Crippen molar-refractivity contribution in [2.24, 2.45) is 11.7 Å². The Morgan fingerprint density at radius 2 is 2.18 bits per heavy atom. The molecule has 4 N–H and O–H groups in total. The van der Waals surface area contributed by atoms with Crippen LogP contribution in [0.15, 0.2) is 17.6 Å². The molecule has 2 heterocycles. The highest BCUT2D eigenvalue weighted by molar-refractivity contribution is 7.89. The van der Waals surface area contributed by atoms with Gasteiger partial charge in [0, 0.05) is 19.0 Å². The molecular formula is C9H15N5O2S. The van der Waals surface area contributed by atoms with Crippen molar-refractivity contribution in [3.05, 3.63) is 12.5 Å². The molecule has 1 aromatic rings. The first kappa shape index (κ1) is 12.1. The lowest BCUT2D eigenvalue weighted by Gasteiger charge is -2.29. The zero-order valence-electron chi connectivity index (χ0n) is 9.26. The van der Waals surface area contributed by atoms with E-state index >= 15 is 0 Å². The van der Waals surface area contributed by atoms with E-state index in [0.717, 1.165) is 0 Å². The van der Waals surface area contributed by atoms with E-state index in [2.05, 4.69) is 9.97 Å². The SMILES string of the molecule is N=C(N)C1CCN(S(=O)(=O)c2cnc[nH]2)CC1. The van der Waals surface area contributed by atoms with Gasteiger partial charge in [0.15, 0.2) is 5.03 Å². The summed E-state index contributed by atoms with van der Waals surface area (Å²) >= 11 is 0. The third-order valence-electron chi connectivity index (χ3n) is 2.98. The summed E-state index contributed by atoms with van der Waals surface area (Å²) < 4.78 is 25.6. The molecular weight excluding hydrogens is 242 g/mol. The Kier molecular flexibility index (Phi) is 3.16. The predicted molar refractivity (Wildman–Crippen MR) is 62.0 cm³/mol. The molecule has 7 nitrogen and oxygen atoms in total. The van der Waals surface area contributed by atoms with Crippen LogP contribution in [0.3, 0.4) is 0 Å². The number of nitrogens with two attached hydrogens (primary N) is 1. The molecule has 0 aliphatic carbocycles. The monoisotopic (exact) mass is 257 g/mol. The molecule has 2 rings (SSSR count). The minimum absolute atomic E-state index is 0.00298. The molecule has 0 amide bonds. The van der Waals surface area contributed by atoms with E-state index in [4.69, 9.17) is 11.1 Å². The van der Waals surface area contributed by atoms with Crippen LogP contribution in [0.4, 0.5) is 0 Å². The minimum atomic E-state index is -3.46.